The molecule has 0 fully saturated rings. The Hall–Kier alpha value is -1.63. The topological polar surface area (TPSA) is 36.9 Å². The van der Waals surface area contributed by atoms with Crippen molar-refractivity contribution in [3.8, 4) is 23.0 Å². The van der Waals surface area contributed by atoms with Crippen molar-refractivity contribution in [2.75, 3.05) is 27.9 Å². The van der Waals surface area contributed by atoms with Crippen LogP contribution in [0.3, 0.4) is 0 Å². The van der Waals surface area contributed by atoms with E-state index in [0.717, 1.165) is 39.6 Å². The van der Waals surface area contributed by atoms with Crippen LogP contribution in [0.25, 0.3) is 0 Å². The largest absolute Gasteiger partial charge is 0.496 e. The van der Waals surface area contributed by atoms with Crippen molar-refractivity contribution in [2.45, 2.75) is 45.4 Å². The molecule has 0 saturated carbocycles. The van der Waals surface area contributed by atoms with E-state index in [1.165, 1.54) is 35.7 Å². The van der Waals surface area contributed by atoms with Gasteiger partial charge in [-0.2, -0.15) is 0 Å². The highest BCUT2D eigenvalue weighted by Gasteiger charge is 2.28. The van der Waals surface area contributed by atoms with Crippen LogP contribution in [0.1, 0.15) is 45.4 Å². The predicted octanol–water partition coefficient (Wildman–Crippen LogP) is 2.58. The Balaban J connectivity index is 1.92. The Morgan fingerprint density at radius 2 is 1.32 bits per heavy atom. The lowest BCUT2D eigenvalue weighted by Crippen LogP contribution is -3.61. The molecule has 0 heterocycles. The van der Waals surface area contributed by atoms with Gasteiger partial charge >= 0.3 is 21.2 Å². The first-order valence-corrected chi connectivity index (χ1v) is 12.0. The molecule has 2 aromatic carbocycles. The third-order valence-electron chi connectivity index (χ3n) is 4.44. The van der Waals surface area contributed by atoms with Crippen LogP contribution in [0.15, 0.2) is 36.4 Å². The van der Waals surface area contributed by atoms with Crippen molar-refractivity contribution in [2.24, 2.45) is 0 Å². The first-order chi connectivity index (χ1) is 13.7. The minimum atomic E-state index is -0.445. The van der Waals surface area contributed by atoms with Gasteiger partial charge in [0.2, 0.25) is 0 Å². The molecule has 4 nitrogen and oxygen atoms in total. The summed E-state index contributed by atoms with van der Waals surface area (Å²) >= 11 is -0.445. The fourth-order valence-electron chi connectivity index (χ4n) is 2.83. The molecule has 0 spiro atoms. The van der Waals surface area contributed by atoms with Gasteiger partial charge in [-0.15, -0.1) is 0 Å². The highest BCUT2D eigenvalue weighted by atomic mass is 127. The van der Waals surface area contributed by atoms with Crippen LogP contribution in [-0.2, 0) is 0 Å². The van der Waals surface area contributed by atoms with E-state index >= 15 is 0 Å². The summed E-state index contributed by atoms with van der Waals surface area (Å²) in [7, 11) is 5.01. The summed E-state index contributed by atoms with van der Waals surface area (Å²) in [6, 6.07) is 12.2. The number of benzene rings is 2. The number of ether oxygens (including phenoxy) is 4. The van der Waals surface area contributed by atoms with E-state index < -0.39 is 21.2 Å². The fourth-order valence-corrected chi connectivity index (χ4v) is 5.46. The maximum atomic E-state index is 5.88. The van der Waals surface area contributed by atoms with Gasteiger partial charge in [0.15, 0.2) is 15.1 Å². The second-order valence-corrected chi connectivity index (χ2v) is 9.37. The van der Waals surface area contributed by atoms with Crippen LogP contribution in [0, 0.1) is 7.14 Å². The van der Waals surface area contributed by atoms with E-state index in [9.17, 15) is 0 Å². The molecule has 0 N–H and O–H groups in total. The molecule has 0 aliphatic heterocycles. The van der Waals surface area contributed by atoms with Crippen molar-refractivity contribution >= 4 is 0 Å². The Kier molecular flexibility index (Phi) is 10.3. The predicted molar refractivity (Wildman–Crippen MR) is 109 cm³/mol. The van der Waals surface area contributed by atoms with Gasteiger partial charge in [-0.25, -0.2) is 0 Å². The molecule has 5 heteroatoms. The molecule has 2 rings (SSSR count). The molecule has 28 heavy (non-hydrogen) atoms. The molecule has 0 unspecified atom stereocenters. The van der Waals surface area contributed by atoms with E-state index in [0.29, 0.717) is 0 Å². The summed E-state index contributed by atoms with van der Waals surface area (Å²) in [4.78, 5) is 0. The summed E-state index contributed by atoms with van der Waals surface area (Å²) < 4.78 is 24.8. The van der Waals surface area contributed by atoms with Crippen molar-refractivity contribution in [3.63, 3.8) is 0 Å². The Labute approximate surface area is 179 Å². The van der Waals surface area contributed by atoms with Crippen LogP contribution in [-0.4, -0.2) is 27.9 Å². The summed E-state index contributed by atoms with van der Waals surface area (Å²) in [5.41, 5.74) is 0. The number of halogens is 1. The number of methoxy groups -OCH3 is 3. The van der Waals surface area contributed by atoms with E-state index in [2.05, 4.69) is 31.2 Å². The molecule has 0 bridgehead atoms. The lowest BCUT2D eigenvalue weighted by molar-refractivity contribution is -0.598. The minimum absolute atomic E-state index is 0.445. The van der Waals surface area contributed by atoms with Gasteiger partial charge in [-0.05, 0) is 30.7 Å². The molecule has 0 aromatic heterocycles. The van der Waals surface area contributed by atoms with Crippen molar-refractivity contribution in [1.82, 2.24) is 0 Å². The highest BCUT2D eigenvalue weighted by Crippen LogP contribution is 2.27. The van der Waals surface area contributed by atoms with Crippen LogP contribution < -0.4 is 40.2 Å². The standard InChI is InChI=1S/C23H32IO4/c1-5-6-7-8-9-10-15-28-19-13-11-18(12-14-19)24-23-21(26-3)16-20(25-2)17-22(23)27-4/h11-14,16-17H,5-10,15H2,1-4H3/q+1. The van der Waals surface area contributed by atoms with Gasteiger partial charge in [0.1, 0.15) is 11.5 Å². The minimum Gasteiger partial charge on any atom is -0.496 e. The molecular formula is C23H32IO4+. The number of unbranched alkanes of at least 4 members (excludes halogenated alkanes) is 5. The quantitative estimate of drug-likeness (QED) is 0.314. The molecule has 0 aliphatic rings. The van der Waals surface area contributed by atoms with Crippen LogP contribution >= 0.6 is 0 Å². The molecule has 0 radical (unpaired) electrons. The zero-order valence-corrected chi connectivity index (χ0v) is 19.6. The average Bonchev–Trinajstić information content (AvgIpc) is 2.74. The summed E-state index contributed by atoms with van der Waals surface area (Å²) in [6.07, 6.45) is 7.66. The van der Waals surface area contributed by atoms with Gasteiger partial charge in [0.05, 0.1) is 27.9 Å². The molecule has 0 saturated heterocycles. The summed E-state index contributed by atoms with van der Waals surface area (Å²) in [5.74, 6) is 3.30. The van der Waals surface area contributed by atoms with Crippen LogP contribution in [0.2, 0.25) is 0 Å². The highest BCUT2D eigenvalue weighted by molar-refractivity contribution is 5.41. The van der Waals surface area contributed by atoms with E-state index in [-0.39, 0.29) is 0 Å². The molecular weight excluding hydrogens is 467 g/mol. The van der Waals surface area contributed by atoms with E-state index in [4.69, 9.17) is 18.9 Å². The molecule has 154 valence electrons. The smallest absolute Gasteiger partial charge is 0.366 e. The number of hydrogen-bond acceptors (Lipinski definition) is 4. The lowest BCUT2D eigenvalue weighted by atomic mass is 10.1. The molecule has 0 aliphatic carbocycles. The zero-order valence-electron chi connectivity index (χ0n) is 17.4. The van der Waals surface area contributed by atoms with E-state index in [1.54, 1.807) is 21.3 Å². The zero-order chi connectivity index (χ0) is 20.2. The lowest BCUT2D eigenvalue weighted by Gasteiger charge is -2.08. The number of hydrogen-bond donors (Lipinski definition) is 0. The third-order valence-corrected chi connectivity index (χ3v) is 7.38. The first kappa shape index (κ1) is 22.7. The average molecular weight is 499 g/mol. The van der Waals surface area contributed by atoms with Gasteiger partial charge in [0, 0.05) is 12.1 Å². The Morgan fingerprint density at radius 1 is 0.714 bits per heavy atom. The van der Waals surface area contributed by atoms with Gasteiger partial charge < -0.3 is 18.9 Å². The number of rotatable bonds is 13. The summed E-state index contributed by atoms with van der Waals surface area (Å²) in [6.45, 7) is 3.04. The maximum absolute atomic E-state index is 5.88. The van der Waals surface area contributed by atoms with Crippen molar-refractivity contribution < 1.29 is 40.2 Å². The van der Waals surface area contributed by atoms with E-state index in [1.807, 2.05) is 12.1 Å². The third kappa shape index (κ3) is 7.08. The Morgan fingerprint density at radius 3 is 1.89 bits per heavy atom. The van der Waals surface area contributed by atoms with Crippen molar-refractivity contribution in [3.05, 3.63) is 43.5 Å². The summed E-state index contributed by atoms with van der Waals surface area (Å²) in [5, 5.41) is 0. The van der Waals surface area contributed by atoms with Gasteiger partial charge in [0.25, 0.3) is 3.57 Å². The normalized spacial score (nSPS) is 10.6. The Bertz CT molecular complexity index is 675. The van der Waals surface area contributed by atoms with Gasteiger partial charge in [-0.1, -0.05) is 39.0 Å². The molecule has 2 aromatic rings. The van der Waals surface area contributed by atoms with Crippen LogP contribution in [0.4, 0.5) is 0 Å². The second-order valence-electron chi connectivity index (χ2n) is 6.51. The van der Waals surface area contributed by atoms with Crippen molar-refractivity contribution in [1.29, 1.82) is 0 Å². The van der Waals surface area contributed by atoms with Gasteiger partial charge in [-0.3, -0.25) is 0 Å². The molecule has 0 amide bonds. The molecule has 0 atom stereocenters. The second kappa shape index (κ2) is 12.8. The van der Waals surface area contributed by atoms with Crippen LogP contribution in [0.5, 0.6) is 23.0 Å². The SMILES string of the molecule is CCCCCCCCOc1ccc([I+]c2c(OC)cc(OC)cc2OC)cc1. The monoisotopic (exact) mass is 499 g/mol. The maximum Gasteiger partial charge on any atom is 0.366 e. The fraction of sp³-hybridized carbons (Fsp3) is 0.478. The first-order valence-electron chi connectivity index (χ1n) is 9.89.